The molecule has 0 spiro atoms. The van der Waals surface area contributed by atoms with E-state index in [1.165, 1.54) is 36.4 Å². The van der Waals surface area contributed by atoms with Gasteiger partial charge < -0.3 is 5.11 Å². The molecule has 1 N–H and O–H groups in total. The van der Waals surface area contributed by atoms with Crippen molar-refractivity contribution >= 4 is 5.78 Å². The van der Waals surface area contributed by atoms with Gasteiger partial charge in [-0.05, 0) is 94.6 Å². The first-order chi connectivity index (χ1) is 18.7. The zero-order valence-electron chi connectivity index (χ0n) is 20.9. The molecule has 0 amide bonds. The van der Waals surface area contributed by atoms with E-state index in [1.54, 1.807) is 12.1 Å². The molecule has 0 heterocycles. The first-order valence-corrected chi connectivity index (χ1v) is 12.7. The lowest BCUT2D eigenvalue weighted by molar-refractivity contribution is -0.137. The number of hydrogen-bond donors (Lipinski definition) is 1. The van der Waals surface area contributed by atoms with Crippen LogP contribution in [0.5, 0.6) is 0 Å². The second-order valence-electron chi connectivity index (χ2n) is 9.80. The Morgan fingerprint density at radius 1 is 0.795 bits per heavy atom. The minimum absolute atomic E-state index is 0.00420. The van der Waals surface area contributed by atoms with Crippen molar-refractivity contribution in [2.45, 2.75) is 44.4 Å². The lowest BCUT2D eigenvalue weighted by Gasteiger charge is -2.25. The van der Waals surface area contributed by atoms with Crippen molar-refractivity contribution in [1.29, 1.82) is 0 Å². The molecule has 0 aromatic heterocycles. The fourth-order valence-electron chi connectivity index (χ4n) is 5.49. The van der Waals surface area contributed by atoms with E-state index in [9.17, 15) is 31.9 Å². The van der Waals surface area contributed by atoms with Crippen LogP contribution in [-0.2, 0) is 12.8 Å². The molecule has 1 fully saturated rings. The van der Waals surface area contributed by atoms with Gasteiger partial charge in [-0.3, -0.25) is 4.79 Å². The van der Waals surface area contributed by atoms with Crippen molar-refractivity contribution in [1.82, 2.24) is 0 Å². The molecule has 0 saturated heterocycles. The Labute approximate surface area is 222 Å². The summed E-state index contributed by atoms with van der Waals surface area (Å²) < 4.78 is 67.2. The molecule has 39 heavy (non-hydrogen) atoms. The van der Waals surface area contributed by atoms with E-state index in [0.29, 0.717) is 33.4 Å². The van der Waals surface area contributed by atoms with E-state index < -0.39 is 35.8 Å². The third kappa shape index (κ3) is 5.36. The smallest absolute Gasteiger partial charge is 0.392 e. The average molecular weight is 537 g/mol. The van der Waals surface area contributed by atoms with Crippen LogP contribution < -0.4 is 0 Å². The van der Waals surface area contributed by atoms with Gasteiger partial charge in [0.2, 0.25) is 0 Å². The van der Waals surface area contributed by atoms with Crippen LogP contribution in [0, 0.1) is 11.6 Å². The summed E-state index contributed by atoms with van der Waals surface area (Å²) in [4.78, 5) is 14.1. The Hall–Kier alpha value is -3.84. The normalized spacial score (nSPS) is 14.1. The molecular weight excluding hydrogens is 511 g/mol. The number of carbonyl (C=O) groups excluding carboxylic acids is 1. The van der Waals surface area contributed by atoms with Crippen molar-refractivity contribution in [3.63, 3.8) is 0 Å². The van der Waals surface area contributed by atoms with E-state index in [4.69, 9.17) is 0 Å². The highest BCUT2D eigenvalue weighted by Crippen LogP contribution is 2.45. The predicted molar refractivity (Wildman–Crippen MR) is 139 cm³/mol. The van der Waals surface area contributed by atoms with Crippen LogP contribution in [0.1, 0.15) is 64.2 Å². The predicted octanol–water partition coefficient (Wildman–Crippen LogP) is 8.70. The largest absolute Gasteiger partial charge is 0.416 e. The second kappa shape index (κ2) is 10.7. The second-order valence-corrected chi connectivity index (χ2v) is 9.80. The molecule has 2 nitrogen and oxygen atoms in total. The Bertz CT molecular complexity index is 1480. The van der Waals surface area contributed by atoms with Gasteiger partial charge in [-0.25, -0.2) is 8.78 Å². The van der Waals surface area contributed by atoms with E-state index >= 15 is 0 Å². The minimum atomic E-state index is -4.54. The number of benzene rings is 4. The summed E-state index contributed by atoms with van der Waals surface area (Å²) in [7, 11) is 0. The molecule has 0 atom stereocenters. The number of rotatable bonds is 6. The van der Waals surface area contributed by atoms with E-state index in [1.807, 2.05) is 6.07 Å². The highest BCUT2D eigenvalue weighted by Gasteiger charge is 2.32. The Morgan fingerprint density at radius 3 is 1.85 bits per heavy atom. The Balaban J connectivity index is 1.81. The molecule has 4 aromatic rings. The van der Waals surface area contributed by atoms with E-state index in [0.717, 1.165) is 49.9 Å². The fraction of sp³-hybridized carbons (Fsp3) is 0.219. The average Bonchev–Trinajstić information content (AvgIpc) is 3.47. The molecule has 0 unspecified atom stereocenters. The standard InChI is InChI=1S/C32H25F5O2/c33-24-13-7-20(8-14-24)26-17-27(19-3-1-2-4-19)30(29(28(26)18-38)21-9-15-25(34)16-10-21)31(39)22-5-11-23(12-6-22)32(35,36)37/h5-17,19,38H,1-4,18H2. The van der Waals surface area contributed by atoms with Gasteiger partial charge in [-0.2, -0.15) is 13.2 Å². The molecule has 1 aliphatic carbocycles. The lowest BCUT2D eigenvalue weighted by Crippen LogP contribution is -2.14. The molecule has 4 aromatic carbocycles. The number of aliphatic hydroxyl groups is 1. The van der Waals surface area contributed by atoms with Crippen LogP contribution in [0.3, 0.4) is 0 Å². The lowest BCUT2D eigenvalue weighted by atomic mass is 9.79. The van der Waals surface area contributed by atoms with Crippen LogP contribution in [0.4, 0.5) is 22.0 Å². The monoisotopic (exact) mass is 536 g/mol. The highest BCUT2D eigenvalue weighted by molar-refractivity contribution is 6.15. The Kier molecular flexibility index (Phi) is 7.36. The van der Waals surface area contributed by atoms with Crippen molar-refractivity contribution in [3.05, 3.63) is 118 Å². The molecule has 1 saturated carbocycles. The highest BCUT2D eigenvalue weighted by atomic mass is 19.4. The van der Waals surface area contributed by atoms with Crippen LogP contribution >= 0.6 is 0 Å². The quantitative estimate of drug-likeness (QED) is 0.198. The first kappa shape index (κ1) is 26.8. The van der Waals surface area contributed by atoms with Gasteiger partial charge in [-0.15, -0.1) is 0 Å². The molecule has 1 aliphatic rings. The van der Waals surface area contributed by atoms with Crippen LogP contribution in [0.15, 0.2) is 78.9 Å². The van der Waals surface area contributed by atoms with Crippen molar-refractivity contribution in [3.8, 4) is 22.3 Å². The Morgan fingerprint density at radius 2 is 1.33 bits per heavy atom. The summed E-state index contributed by atoms with van der Waals surface area (Å²) >= 11 is 0. The van der Waals surface area contributed by atoms with Crippen molar-refractivity contribution < 1.29 is 31.9 Å². The maximum Gasteiger partial charge on any atom is 0.416 e. The molecule has 0 aliphatic heterocycles. The van der Waals surface area contributed by atoms with Gasteiger partial charge in [0.1, 0.15) is 11.6 Å². The SMILES string of the molecule is O=C(c1ccc(C(F)(F)F)cc1)c1c(C2CCCC2)cc(-c2ccc(F)cc2)c(CO)c1-c1ccc(F)cc1. The molecular formula is C32H25F5O2. The van der Waals surface area contributed by atoms with Crippen LogP contribution in [0.25, 0.3) is 22.3 Å². The maximum atomic E-state index is 14.1. The van der Waals surface area contributed by atoms with Crippen molar-refractivity contribution in [2.75, 3.05) is 0 Å². The van der Waals surface area contributed by atoms with Crippen LogP contribution in [-0.4, -0.2) is 10.9 Å². The van der Waals surface area contributed by atoms with Gasteiger partial charge in [0.05, 0.1) is 12.2 Å². The summed E-state index contributed by atoms with van der Waals surface area (Å²) in [5, 5.41) is 10.6. The zero-order chi connectivity index (χ0) is 27.7. The summed E-state index contributed by atoms with van der Waals surface area (Å²) in [5.41, 5.74) is 2.73. The van der Waals surface area contributed by atoms with Crippen molar-refractivity contribution in [2.24, 2.45) is 0 Å². The van der Waals surface area contributed by atoms with E-state index in [2.05, 4.69) is 0 Å². The zero-order valence-corrected chi connectivity index (χ0v) is 20.9. The minimum Gasteiger partial charge on any atom is -0.392 e. The maximum absolute atomic E-state index is 14.1. The summed E-state index contributed by atoms with van der Waals surface area (Å²) in [6, 6.07) is 17.2. The molecule has 5 rings (SSSR count). The van der Waals surface area contributed by atoms with Crippen LogP contribution in [0.2, 0.25) is 0 Å². The number of aliphatic hydroxyl groups excluding tert-OH is 1. The number of ketones is 1. The van der Waals surface area contributed by atoms with Gasteiger partial charge in [0.15, 0.2) is 5.78 Å². The fourth-order valence-corrected chi connectivity index (χ4v) is 5.49. The molecule has 200 valence electrons. The molecule has 7 heteroatoms. The number of hydrogen-bond acceptors (Lipinski definition) is 2. The topological polar surface area (TPSA) is 37.3 Å². The summed E-state index contributed by atoms with van der Waals surface area (Å²) in [5.74, 6) is -1.38. The van der Waals surface area contributed by atoms with Gasteiger partial charge in [0.25, 0.3) is 0 Å². The molecule has 0 bridgehead atoms. The number of carbonyl (C=O) groups is 1. The molecule has 0 radical (unpaired) electrons. The number of alkyl halides is 3. The van der Waals surface area contributed by atoms with Gasteiger partial charge in [0, 0.05) is 11.1 Å². The number of halogens is 5. The summed E-state index contributed by atoms with van der Waals surface area (Å²) in [6.45, 7) is -0.475. The third-order valence-electron chi connectivity index (χ3n) is 7.41. The van der Waals surface area contributed by atoms with E-state index in [-0.39, 0.29) is 17.0 Å². The summed E-state index contributed by atoms with van der Waals surface area (Å²) in [6.07, 6.45) is -0.998. The van der Waals surface area contributed by atoms with Gasteiger partial charge in [-0.1, -0.05) is 49.2 Å². The van der Waals surface area contributed by atoms with Gasteiger partial charge >= 0.3 is 6.18 Å². The first-order valence-electron chi connectivity index (χ1n) is 12.7. The third-order valence-corrected chi connectivity index (χ3v) is 7.41.